The van der Waals surface area contributed by atoms with Gasteiger partial charge in [0.15, 0.2) is 0 Å². The molecule has 1 aliphatic heterocycles. The third-order valence-electron chi connectivity index (χ3n) is 3.50. The van der Waals surface area contributed by atoms with Crippen molar-refractivity contribution in [2.24, 2.45) is 0 Å². The molecule has 0 saturated carbocycles. The van der Waals surface area contributed by atoms with E-state index in [0.29, 0.717) is 6.42 Å². The van der Waals surface area contributed by atoms with Crippen molar-refractivity contribution in [3.63, 3.8) is 0 Å². The van der Waals surface area contributed by atoms with Gasteiger partial charge in [-0.25, -0.2) is 0 Å². The molecule has 0 spiro atoms. The van der Waals surface area contributed by atoms with Crippen LogP contribution in [0.1, 0.15) is 24.1 Å². The average Bonchev–Trinajstić information content (AvgIpc) is 3.12. The van der Waals surface area contributed by atoms with Gasteiger partial charge in [-0.1, -0.05) is 6.07 Å². The molecule has 1 N–H and O–H groups in total. The van der Waals surface area contributed by atoms with Gasteiger partial charge in [0.25, 0.3) is 0 Å². The van der Waals surface area contributed by atoms with Crippen LogP contribution in [0.2, 0.25) is 0 Å². The van der Waals surface area contributed by atoms with E-state index >= 15 is 0 Å². The standard InChI is InChI=1S/C15H19N3O2S/c19-15(8-14-5-3-7-21-14)17-12-9-16-18(10-12)11-13-4-1-2-6-20-13/h3,5,7,9-10,13H,1-2,4,6,8,11H2,(H,17,19)/t13-/m1/s1. The maximum Gasteiger partial charge on any atom is 0.229 e. The molecule has 1 saturated heterocycles. The summed E-state index contributed by atoms with van der Waals surface area (Å²) in [6, 6.07) is 3.92. The largest absolute Gasteiger partial charge is 0.376 e. The Morgan fingerprint density at radius 2 is 2.48 bits per heavy atom. The van der Waals surface area contributed by atoms with Crippen LogP contribution in [0.15, 0.2) is 29.9 Å². The second-order valence-electron chi connectivity index (χ2n) is 5.24. The zero-order valence-electron chi connectivity index (χ0n) is 11.8. The number of amides is 1. The zero-order valence-corrected chi connectivity index (χ0v) is 12.6. The monoisotopic (exact) mass is 305 g/mol. The van der Waals surface area contributed by atoms with E-state index in [1.54, 1.807) is 17.5 Å². The minimum Gasteiger partial charge on any atom is -0.376 e. The molecule has 1 amide bonds. The summed E-state index contributed by atoms with van der Waals surface area (Å²) in [6.07, 6.45) is 7.66. The summed E-state index contributed by atoms with van der Waals surface area (Å²) in [5.74, 6) is -0.00841. The Balaban J connectivity index is 1.51. The Morgan fingerprint density at radius 3 is 3.24 bits per heavy atom. The molecule has 0 unspecified atom stereocenters. The number of hydrogen-bond acceptors (Lipinski definition) is 4. The number of thiophene rings is 1. The molecule has 112 valence electrons. The smallest absolute Gasteiger partial charge is 0.229 e. The van der Waals surface area contributed by atoms with Crippen LogP contribution in [-0.2, 0) is 22.5 Å². The van der Waals surface area contributed by atoms with E-state index in [9.17, 15) is 4.79 Å². The van der Waals surface area contributed by atoms with Gasteiger partial charge < -0.3 is 10.1 Å². The Kier molecular flexibility index (Phi) is 4.67. The summed E-state index contributed by atoms with van der Waals surface area (Å²) < 4.78 is 7.54. The van der Waals surface area contributed by atoms with Crippen molar-refractivity contribution in [3.05, 3.63) is 34.8 Å². The van der Waals surface area contributed by atoms with Crippen LogP contribution in [0.4, 0.5) is 5.69 Å². The summed E-state index contributed by atoms with van der Waals surface area (Å²) >= 11 is 1.59. The quantitative estimate of drug-likeness (QED) is 0.924. The number of carbonyl (C=O) groups excluding carboxylic acids is 1. The predicted octanol–water partition coefficient (Wildman–Crippen LogP) is 2.69. The van der Waals surface area contributed by atoms with Crippen LogP contribution >= 0.6 is 11.3 Å². The SMILES string of the molecule is O=C(Cc1cccs1)Nc1cnn(C[C@H]2CCCCO2)c1. The average molecular weight is 305 g/mol. The Labute approximate surface area is 127 Å². The predicted molar refractivity (Wildman–Crippen MR) is 82.5 cm³/mol. The number of hydrogen-bond donors (Lipinski definition) is 1. The molecule has 0 aliphatic carbocycles. The van der Waals surface area contributed by atoms with Crippen LogP contribution in [-0.4, -0.2) is 28.4 Å². The molecule has 3 heterocycles. The fraction of sp³-hybridized carbons (Fsp3) is 0.467. The molecule has 0 bridgehead atoms. The zero-order chi connectivity index (χ0) is 14.5. The van der Waals surface area contributed by atoms with Crippen molar-refractivity contribution >= 4 is 22.9 Å². The van der Waals surface area contributed by atoms with E-state index in [2.05, 4.69) is 10.4 Å². The van der Waals surface area contributed by atoms with Gasteiger partial charge in [-0.2, -0.15) is 5.10 Å². The molecule has 2 aromatic rings. The molecule has 1 fully saturated rings. The molecular weight excluding hydrogens is 286 g/mol. The van der Waals surface area contributed by atoms with Gasteiger partial charge in [0.2, 0.25) is 5.91 Å². The number of rotatable bonds is 5. The van der Waals surface area contributed by atoms with E-state index in [1.807, 2.05) is 28.4 Å². The molecule has 0 radical (unpaired) electrons. The van der Waals surface area contributed by atoms with Crippen molar-refractivity contribution in [2.45, 2.75) is 38.3 Å². The fourth-order valence-corrected chi connectivity index (χ4v) is 3.17. The van der Waals surface area contributed by atoms with Crippen molar-refractivity contribution in [1.29, 1.82) is 0 Å². The number of aromatic nitrogens is 2. The topological polar surface area (TPSA) is 56.2 Å². The normalized spacial score (nSPS) is 18.6. The highest BCUT2D eigenvalue weighted by Crippen LogP contribution is 2.16. The first-order valence-corrected chi connectivity index (χ1v) is 8.14. The maximum atomic E-state index is 11.9. The maximum absolute atomic E-state index is 11.9. The molecular formula is C15H19N3O2S. The molecule has 3 rings (SSSR count). The van der Waals surface area contributed by atoms with Crippen LogP contribution < -0.4 is 5.32 Å². The van der Waals surface area contributed by atoms with E-state index in [0.717, 1.165) is 36.6 Å². The first-order valence-electron chi connectivity index (χ1n) is 7.26. The van der Waals surface area contributed by atoms with Crippen molar-refractivity contribution < 1.29 is 9.53 Å². The molecule has 1 atom stereocenters. The third kappa shape index (κ3) is 4.15. The number of carbonyl (C=O) groups is 1. The third-order valence-corrected chi connectivity index (χ3v) is 4.37. The lowest BCUT2D eigenvalue weighted by molar-refractivity contribution is -0.115. The minimum atomic E-state index is -0.00841. The van der Waals surface area contributed by atoms with Gasteiger partial charge in [0.1, 0.15) is 0 Å². The number of nitrogens with zero attached hydrogens (tertiary/aromatic N) is 2. The van der Waals surface area contributed by atoms with E-state index in [1.165, 1.54) is 6.42 Å². The summed E-state index contributed by atoms with van der Waals surface area (Å²) in [4.78, 5) is 13.0. The number of nitrogens with one attached hydrogen (secondary N) is 1. The number of anilines is 1. The van der Waals surface area contributed by atoms with Crippen molar-refractivity contribution in [1.82, 2.24) is 9.78 Å². The van der Waals surface area contributed by atoms with Gasteiger partial charge in [-0.3, -0.25) is 9.48 Å². The lowest BCUT2D eigenvalue weighted by atomic mass is 10.1. The van der Waals surface area contributed by atoms with Crippen LogP contribution in [0, 0.1) is 0 Å². The Bertz CT molecular complexity index is 574. The molecule has 2 aromatic heterocycles. The second kappa shape index (κ2) is 6.87. The summed E-state index contributed by atoms with van der Waals surface area (Å²) in [5.41, 5.74) is 0.743. The summed E-state index contributed by atoms with van der Waals surface area (Å²) in [5, 5.41) is 9.14. The first kappa shape index (κ1) is 14.3. The first-order chi connectivity index (χ1) is 10.3. The number of ether oxygens (including phenoxy) is 1. The Hall–Kier alpha value is -1.66. The van der Waals surface area contributed by atoms with Crippen LogP contribution in [0.3, 0.4) is 0 Å². The molecule has 5 nitrogen and oxygen atoms in total. The van der Waals surface area contributed by atoms with Gasteiger partial charge in [-0.15, -0.1) is 11.3 Å². The summed E-state index contributed by atoms with van der Waals surface area (Å²) in [7, 11) is 0. The van der Waals surface area contributed by atoms with Gasteiger partial charge in [0, 0.05) is 17.7 Å². The van der Waals surface area contributed by atoms with Crippen molar-refractivity contribution in [3.8, 4) is 0 Å². The molecule has 0 aromatic carbocycles. The molecule has 6 heteroatoms. The summed E-state index contributed by atoms with van der Waals surface area (Å²) in [6.45, 7) is 1.59. The van der Waals surface area contributed by atoms with Crippen molar-refractivity contribution in [2.75, 3.05) is 11.9 Å². The van der Waals surface area contributed by atoms with Gasteiger partial charge >= 0.3 is 0 Å². The van der Waals surface area contributed by atoms with Crippen LogP contribution in [0.5, 0.6) is 0 Å². The highest BCUT2D eigenvalue weighted by molar-refractivity contribution is 7.10. The highest BCUT2D eigenvalue weighted by Gasteiger charge is 2.15. The second-order valence-corrected chi connectivity index (χ2v) is 6.28. The fourth-order valence-electron chi connectivity index (χ4n) is 2.46. The van der Waals surface area contributed by atoms with E-state index in [4.69, 9.17) is 4.74 Å². The lowest BCUT2D eigenvalue weighted by Crippen LogP contribution is -2.24. The highest BCUT2D eigenvalue weighted by atomic mass is 32.1. The van der Waals surface area contributed by atoms with E-state index < -0.39 is 0 Å². The van der Waals surface area contributed by atoms with Gasteiger partial charge in [0.05, 0.1) is 31.0 Å². The molecule has 21 heavy (non-hydrogen) atoms. The minimum absolute atomic E-state index is 0.00841. The Morgan fingerprint density at radius 1 is 1.52 bits per heavy atom. The van der Waals surface area contributed by atoms with Crippen LogP contribution in [0.25, 0.3) is 0 Å². The lowest BCUT2D eigenvalue weighted by Gasteiger charge is -2.22. The molecule has 1 aliphatic rings. The van der Waals surface area contributed by atoms with Gasteiger partial charge in [-0.05, 0) is 30.7 Å². The van der Waals surface area contributed by atoms with E-state index in [-0.39, 0.29) is 12.0 Å².